The van der Waals surface area contributed by atoms with Gasteiger partial charge in [-0.25, -0.2) is 9.48 Å². The summed E-state index contributed by atoms with van der Waals surface area (Å²) in [4.78, 5) is 11.1. The van der Waals surface area contributed by atoms with E-state index in [0.29, 0.717) is 0 Å². The molecule has 0 amide bonds. The van der Waals surface area contributed by atoms with Gasteiger partial charge in [0.1, 0.15) is 11.6 Å². The van der Waals surface area contributed by atoms with E-state index in [1.54, 1.807) is 31.4 Å². The van der Waals surface area contributed by atoms with Crippen LogP contribution in [-0.4, -0.2) is 34.5 Å². The first kappa shape index (κ1) is 18.1. The Kier molecular flexibility index (Phi) is 5.02. The van der Waals surface area contributed by atoms with Gasteiger partial charge in [0.25, 0.3) is 0 Å². The number of fused-ring (bicyclic) bond motifs is 1. The van der Waals surface area contributed by atoms with E-state index in [2.05, 4.69) is 17.4 Å². The molecule has 0 spiro atoms. The predicted molar refractivity (Wildman–Crippen MR) is 108 cm³/mol. The topological polar surface area (TPSA) is 76.4 Å². The number of benzene rings is 2. The molecule has 0 bridgehead atoms. The average Bonchev–Trinajstić information content (AvgIpc) is 2.89. The van der Waals surface area contributed by atoms with Crippen LogP contribution in [0.3, 0.4) is 0 Å². The van der Waals surface area contributed by atoms with Crippen LogP contribution in [0.15, 0.2) is 48.5 Å². The predicted octanol–water partition coefficient (Wildman–Crippen LogP) is 3.92. The minimum atomic E-state index is -0.927. The van der Waals surface area contributed by atoms with Crippen LogP contribution in [0.4, 0.5) is 5.82 Å². The number of nitrogens with zero attached hydrogens (tertiary/aromatic N) is 2. The van der Waals surface area contributed by atoms with Gasteiger partial charge in [-0.05, 0) is 61.2 Å². The van der Waals surface area contributed by atoms with E-state index in [4.69, 9.17) is 14.9 Å². The Labute approximate surface area is 163 Å². The van der Waals surface area contributed by atoms with Crippen molar-refractivity contribution >= 4 is 11.8 Å². The van der Waals surface area contributed by atoms with Gasteiger partial charge >= 0.3 is 5.97 Å². The second kappa shape index (κ2) is 7.76. The fraction of sp³-hybridized carbons (Fsp3) is 0.273. The monoisotopic (exact) mass is 377 g/mol. The van der Waals surface area contributed by atoms with Crippen molar-refractivity contribution in [1.82, 2.24) is 9.78 Å². The lowest BCUT2D eigenvalue weighted by atomic mass is 10.0. The first-order chi connectivity index (χ1) is 13.7. The highest BCUT2D eigenvalue weighted by Crippen LogP contribution is 2.29. The van der Waals surface area contributed by atoms with Crippen molar-refractivity contribution in [2.45, 2.75) is 25.7 Å². The van der Waals surface area contributed by atoms with Gasteiger partial charge in [0.15, 0.2) is 0 Å². The summed E-state index contributed by atoms with van der Waals surface area (Å²) in [7, 11) is 1.66. The molecule has 1 aliphatic rings. The van der Waals surface area contributed by atoms with Crippen LogP contribution in [0, 0.1) is 0 Å². The number of carboxylic acids is 1. The smallest absolute Gasteiger partial charge is 0.335 e. The molecular weight excluding hydrogens is 354 g/mol. The fourth-order valence-corrected chi connectivity index (χ4v) is 3.58. The Hall–Kier alpha value is -3.28. The van der Waals surface area contributed by atoms with Gasteiger partial charge in [0.2, 0.25) is 0 Å². The lowest BCUT2D eigenvalue weighted by molar-refractivity contribution is 0.0697. The van der Waals surface area contributed by atoms with Gasteiger partial charge in [0, 0.05) is 18.5 Å². The molecule has 144 valence electrons. The number of anilines is 1. The minimum absolute atomic E-state index is 0.272. The minimum Gasteiger partial charge on any atom is -0.497 e. The molecule has 0 unspecified atom stereocenters. The molecule has 1 aromatic heterocycles. The van der Waals surface area contributed by atoms with Crippen LogP contribution in [-0.2, 0) is 12.8 Å². The van der Waals surface area contributed by atoms with Crippen molar-refractivity contribution in [3.05, 3.63) is 70.9 Å². The number of nitrogens with one attached hydrogen (secondary N) is 1. The van der Waals surface area contributed by atoms with Crippen LogP contribution in [0.25, 0.3) is 5.69 Å². The average molecular weight is 377 g/mol. The standard InChI is InChI=1S/C22H23N3O3/c1-28-18-11-5-15(6-12-18)14-20-19-4-2-3-13-23-21(19)25(24-20)17-9-7-16(8-10-17)22(26)27/h5-12,23H,2-4,13-14H2,1H3,(H,26,27). The molecule has 0 atom stereocenters. The third-order valence-electron chi connectivity index (χ3n) is 5.10. The summed E-state index contributed by atoms with van der Waals surface area (Å²) in [6, 6.07) is 14.9. The molecule has 0 saturated heterocycles. The zero-order valence-electron chi connectivity index (χ0n) is 15.8. The van der Waals surface area contributed by atoms with Crippen LogP contribution >= 0.6 is 0 Å². The fourth-order valence-electron chi connectivity index (χ4n) is 3.58. The van der Waals surface area contributed by atoms with Gasteiger partial charge in [0.05, 0.1) is 24.1 Å². The number of methoxy groups -OCH3 is 1. The van der Waals surface area contributed by atoms with E-state index in [-0.39, 0.29) is 5.56 Å². The molecule has 0 fully saturated rings. The number of aromatic nitrogens is 2. The number of hydrogen-bond acceptors (Lipinski definition) is 4. The summed E-state index contributed by atoms with van der Waals surface area (Å²) < 4.78 is 7.15. The lowest BCUT2D eigenvalue weighted by Gasteiger charge is -2.09. The van der Waals surface area contributed by atoms with Gasteiger partial charge < -0.3 is 15.2 Å². The maximum Gasteiger partial charge on any atom is 0.335 e. The highest BCUT2D eigenvalue weighted by molar-refractivity contribution is 5.87. The molecule has 0 aliphatic carbocycles. The molecule has 3 aromatic rings. The quantitative estimate of drug-likeness (QED) is 0.705. The third kappa shape index (κ3) is 3.58. The highest BCUT2D eigenvalue weighted by Gasteiger charge is 2.21. The van der Waals surface area contributed by atoms with E-state index in [1.165, 1.54) is 11.1 Å². The third-order valence-corrected chi connectivity index (χ3v) is 5.10. The van der Waals surface area contributed by atoms with E-state index in [1.807, 2.05) is 16.8 Å². The molecule has 6 heteroatoms. The maximum absolute atomic E-state index is 11.1. The maximum atomic E-state index is 11.1. The van der Waals surface area contributed by atoms with Gasteiger partial charge in [-0.3, -0.25) is 0 Å². The Bertz CT molecular complexity index is 976. The number of aromatic carboxylic acids is 1. The Morgan fingerprint density at radius 3 is 2.57 bits per heavy atom. The molecule has 1 aliphatic heterocycles. The summed E-state index contributed by atoms with van der Waals surface area (Å²) >= 11 is 0. The number of hydrogen-bond donors (Lipinski definition) is 2. The summed E-state index contributed by atoms with van der Waals surface area (Å²) in [6.07, 6.45) is 3.98. The van der Waals surface area contributed by atoms with Crippen LogP contribution in [0.5, 0.6) is 5.75 Å². The zero-order valence-corrected chi connectivity index (χ0v) is 15.8. The normalized spacial score (nSPS) is 13.3. The SMILES string of the molecule is COc1ccc(Cc2nn(-c3ccc(C(=O)O)cc3)c3c2CCCCN3)cc1. The molecule has 2 aromatic carbocycles. The van der Waals surface area contributed by atoms with Gasteiger partial charge in [-0.2, -0.15) is 5.10 Å². The summed E-state index contributed by atoms with van der Waals surface area (Å²) in [6.45, 7) is 0.911. The molecule has 28 heavy (non-hydrogen) atoms. The second-order valence-corrected chi connectivity index (χ2v) is 6.95. The number of carbonyl (C=O) groups is 1. The first-order valence-electron chi connectivity index (χ1n) is 9.47. The number of carboxylic acid groups (broad SMARTS) is 1. The Morgan fingerprint density at radius 2 is 1.89 bits per heavy atom. The largest absolute Gasteiger partial charge is 0.497 e. The summed E-state index contributed by atoms with van der Waals surface area (Å²) in [5, 5.41) is 17.5. The molecule has 0 radical (unpaired) electrons. The van der Waals surface area contributed by atoms with Crippen molar-refractivity contribution in [2.75, 3.05) is 19.0 Å². The van der Waals surface area contributed by atoms with E-state index in [9.17, 15) is 4.79 Å². The van der Waals surface area contributed by atoms with Crippen molar-refractivity contribution in [3.63, 3.8) is 0 Å². The van der Waals surface area contributed by atoms with E-state index >= 15 is 0 Å². The number of rotatable bonds is 5. The Balaban J connectivity index is 1.71. The van der Waals surface area contributed by atoms with Crippen molar-refractivity contribution in [3.8, 4) is 11.4 Å². The summed E-state index contributed by atoms with van der Waals surface area (Å²) in [5.41, 5.74) is 4.61. The first-order valence-corrected chi connectivity index (χ1v) is 9.47. The molecule has 2 N–H and O–H groups in total. The van der Waals surface area contributed by atoms with Crippen LogP contribution < -0.4 is 10.1 Å². The van der Waals surface area contributed by atoms with Crippen molar-refractivity contribution in [2.24, 2.45) is 0 Å². The zero-order chi connectivity index (χ0) is 19.5. The Morgan fingerprint density at radius 1 is 1.14 bits per heavy atom. The van der Waals surface area contributed by atoms with Crippen molar-refractivity contribution in [1.29, 1.82) is 0 Å². The number of ether oxygens (including phenoxy) is 1. The molecule has 4 rings (SSSR count). The molecular formula is C22H23N3O3. The molecule has 2 heterocycles. The highest BCUT2D eigenvalue weighted by atomic mass is 16.5. The van der Waals surface area contributed by atoms with Crippen LogP contribution in [0.2, 0.25) is 0 Å². The summed E-state index contributed by atoms with van der Waals surface area (Å²) in [5.74, 6) is 0.932. The van der Waals surface area contributed by atoms with Gasteiger partial charge in [-0.15, -0.1) is 0 Å². The molecule has 0 saturated carbocycles. The van der Waals surface area contributed by atoms with Crippen molar-refractivity contribution < 1.29 is 14.6 Å². The van der Waals surface area contributed by atoms with Gasteiger partial charge in [-0.1, -0.05) is 12.1 Å². The second-order valence-electron chi connectivity index (χ2n) is 6.95. The van der Waals surface area contributed by atoms with E-state index < -0.39 is 5.97 Å². The molecule has 6 nitrogen and oxygen atoms in total. The lowest BCUT2D eigenvalue weighted by Crippen LogP contribution is -2.07. The van der Waals surface area contributed by atoms with Crippen LogP contribution in [0.1, 0.15) is 40.0 Å². The van der Waals surface area contributed by atoms with E-state index in [0.717, 1.165) is 55.2 Å².